The summed E-state index contributed by atoms with van der Waals surface area (Å²) < 4.78 is 24.3. The third-order valence-corrected chi connectivity index (χ3v) is 4.03. The summed E-state index contributed by atoms with van der Waals surface area (Å²) in [5, 5.41) is 8.85. The summed E-state index contributed by atoms with van der Waals surface area (Å²) in [6.07, 6.45) is 0.484. The lowest BCUT2D eigenvalue weighted by molar-refractivity contribution is -0.150. The van der Waals surface area contributed by atoms with Gasteiger partial charge in [-0.05, 0) is 24.1 Å². The van der Waals surface area contributed by atoms with E-state index >= 15 is 0 Å². The van der Waals surface area contributed by atoms with Crippen LogP contribution in [0.25, 0.3) is 0 Å². The van der Waals surface area contributed by atoms with Crippen LogP contribution in [0.15, 0.2) is 18.2 Å². The van der Waals surface area contributed by atoms with Gasteiger partial charge < -0.3 is 19.5 Å². The molecule has 23 heavy (non-hydrogen) atoms. The molecule has 1 saturated heterocycles. The number of hydrogen-bond acceptors (Lipinski definition) is 4. The van der Waals surface area contributed by atoms with Crippen molar-refractivity contribution in [1.29, 1.82) is 0 Å². The molecular weight excluding hydrogens is 305 g/mol. The highest BCUT2D eigenvalue weighted by molar-refractivity contribution is 5.82. The van der Waals surface area contributed by atoms with E-state index in [0.29, 0.717) is 17.9 Å². The topological polar surface area (TPSA) is 76.1 Å². The Morgan fingerprint density at radius 3 is 2.57 bits per heavy atom. The maximum atomic E-state index is 14.0. The lowest BCUT2D eigenvalue weighted by atomic mass is 10.1. The highest BCUT2D eigenvalue weighted by Crippen LogP contribution is 2.29. The first kappa shape index (κ1) is 17.1. The van der Waals surface area contributed by atoms with Crippen molar-refractivity contribution in [3.63, 3.8) is 0 Å². The van der Waals surface area contributed by atoms with Crippen molar-refractivity contribution < 1.29 is 28.6 Å². The van der Waals surface area contributed by atoms with Crippen LogP contribution in [0.5, 0.6) is 11.5 Å². The quantitative estimate of drug-likeness (QED) is 0.861. The molecule has 0 radical (unpaired) electrons. The maximum absolute atomic E-state index is 14.0. The van der Waals surface area contributed by atoms with Gasteiger partial charge in [0.25, 0.3) is 0 Å². The van der Waals surface area contributed by atoms with Crippen LogP contribution < -0.4 is 9.47 Å². The van der Waals surface area contributed by atoms with Crippen LogP contribution in [0.1, 0.15) is 18.4 Å². The molecule has 2 rings (SSSR count). The van der Waals surface area contributed by atoms with E-state index in [2.05, 4.69) is 0 Å². The first-order valence-corrected chi connectivity index (χ1v) is 7.30. The van der Waals surface area contributed by atoms with E-state index in [-0.39, 0.29) is 31.8 Å². The zero-order valence-electron chi connectivity index (χ0n) is 13.2. The van der Waals surface area contributed by atoms with Crippen molar-refractivity contribution in [2.75, 3.05) is 27.3 Å². The maximum Gasteiger partial charge on any atom is 0.343 e. The molecule has 0 aromatic heterocycles. The van der Waals surface area contributed by atoms with Gasteiger partial charge in [0.2, 0.25) is 11.6 Å². The van der Waals surface area contributed by atoms with Crippen molar-refractivity contribution in [2.24, 2.45) is 0 Å². The molecule has 1 aliphatic rings. The first-order chi connectivity index (χ1) is 10.9. The molecule has 126 valence electrons. The number of amides is 1. The van der Waals surface area contributed by atoms with Gasteiger partial charge in [-0.15, -0.1) is 0 Å². The molecule has 1 fully saturated rings. The molecule has 1 amide bonds. The number of benzene rings is 1. The minimum atomic E-state index is -2.32. The Morgan fingerprint density at radius 2 is 2.00 bits per heavy atom. The highest BCUT2D eigenvalue weighted by atomic mass is 19.1. The Kier molecular flexibility index (Phi) is 5.08. The number of nitrogens with zero attached hydrogens (tertiary/aromatic N) is 1. The minimum Gasteiger partial charge on any atom is -0.493 e. The molecule has 1 aromatic rings. The number of carbonyl (C=O) groups is 2. The molecule has 0 saturated carbocycles. The zero-order chi connectivity index (χ0) is 17.0. The molecule has 1 unspecified atom stereocenters. The number of aryl methyl sites for hydroxylation is 1. The predicted molar refractivity (Wildman–Crippen MR) is 80.5 cm³/mol. The smallest absolute Gasteiger partial charge is 0.343 e. The van der Waals surface area contributed by atoms with E-state index in [0.717, 1.165) is 5.56 Å². The van der Waals surface area contributed by atoms with Gasteiger partial charge in [0.05, 0.1) is 20.8 Å². The Balaban J connectivity index is 1.94. The lowest BCUT2D eigenvalue weighted by Gasteiger charge is -2.18. The number of alkyl halides is 1. The number of methoxy groups -OCH3 is 2. The van der Waals surface area contributed by atoms with E-state index in [4.69, 9.17) is 14.6 Å². The Bertz CT molecular complexity index is 606. The van der Waals surface area contributed by atoms with Crippen LogP contribution in [-0.2, 0) is 16.0 Å². The number of likely N-dealkylation sites (tertiary alicyclic amines) is 1. The molecule has 7 heteroatoms. The Hall–Kier alpha value is -2.31. The summed E-state index contributed by atoms with van der Waals surface area (Å²) in [6.45, 7) is -0.249. The number of rotatable bonds is 6. The van der Waals surface area contributed by atoms with Gasteiger partial charge >= 0.3 is 5.97 Å². The second-order valence-electron chi connectivity index (χ2n) is 5.53. The van der Waals surface area contributed by atoms with Crippen LogP contribution in [0.3, 0.4) is 0 Å². The van der Waals surface area contributed by atoms with Gasteiger partial charge in [-0.25, -0.2) is 9.18 Å². The summed E-state index contributed by atoms with van der Waals surface area (Å²) in [5.74, 6) is -0.577. The van der Waals surface area contributed by atoms with Gasteiger partial charge in [0.15, 0.2) is 11.5 Å². The summed E-state index contributed by atoms with van der Waals surface area (Å²) in [6, 6.07) is 5.37. The van der Waals surface area contributed by atoms with E-state index < -0.39 is 11.6 Å². The van der Waals surface area contributed by atoms with Crippen molar-refractivity contribution in [3.05, 3.63) is 23.8 Å². The first-order valence-electron chi connectivity index (χ1n) is 7.30. The molecule has 0 aliphatic carbocycles. The number of carboxylic acid groups (broad SMARTS) is 1. The van der Waals surface area contributed by atoms with Crippen molar-refractivity contribution >= 4 is 11.9 Å². The van der Waals surface area contributed by atoms with Gasteiger partial charge in [-0.1, -0.05) is 6.07 Å². The third-order valence-electron chi connectivity index (χ3n) is 4.03. The van der Waals surface area contributed by atoms with Crippen molar-refractivity contribution in [3.8, 4) is 11.5 Å². The summed E-state index contributed by atoms with van der Waals surface area (Å²) in [5.41, 5.74) is -1.43. The number of ether oxygens (including phenoxy) is 2. The second-order valence-corrected chi connectivity index (χ2v) is 5.53. The number of carboxylic acids is 1. The van der Waals surface area contributed by atoms with Crippen LogP contribution >= 0.6 is 0 Å². The fourth-order valence-electron chi connectivity index (χ4n) is 2.61. The number of hydrogen-bond donors (Lipinski definition) is 1. The summed E-state index contributed by atoms with van der Waals surface area (Å²) >= 11 is 0. The molecule has 0 spiro atoms. The van der Waals surface area contributed by atoms with E-state index in [1.54, 1.807) is 19.2 Å². The van der Waals surface area contributed by atoms with Gasteiger partial charge in [-0.3, -0.25) is 4.79 Å². The van der Waals surface area contributed by atoms with Crippen LogP contribution in [-0.4, -0.2) is 54.9 Å². The zero-order valence-corrected chi connectivity index (χ0v) is 13.2. The Labute approximate surface area is 133 Å². The van der Waals surface area contributed by atoms with Crippen LogP contribution in [0.2, 0.25) is 0 Å². The molecule has 6 nitrogen and oxygen atoms in total. The third kappa shape index (κ3) is 3.72. The number of aliphatic carboxylic acids is 1. The van der Waals surface area contributed by atoms with E-state index in [1.165, 1.54) is 12.0 Å². The average molecular weight is 325 g/mol. The van der Waals surface area contributed by atoms with Gasteiger partial charge in [-0.2, -0.15) is 0 Å². The monoisotopic (exact) mass is 325 g/mol. The normalized spacial score (nSPS) is 20.4. The highest BCUT2D eigenvalue weighted by Gasteiger charge is 2.46. The lowest BCUT2D eigenvalue weighted by Crippen LogP contribution is -2.38. The van der Waals surface area contributed by atoms with Crippen molar-refractivity contribution in [1.82, 2.24) is 4.90 Å². The molecule has 1 N–H and O–H groups in total. The molecule has 1 aliphatic heterocycles. The Morgan fingerprint density at radius 1 is 1.30 bits per heavy atom. The number of halogens is 1. The van der Waals surface area contributed by atoms with E-state index in [1.807, 2.05) is 6.07 Å². The van der Waals surface area contributed by atoms with Crippen LogP contribution in [0, 0.1) is 0 Å². The average Bonchev–Trinajstić information content (AvgIpc) is 2.96. The van der Waals surface area contributed by atoms with Crippen molar-refractivity contribution in [2.45, 2.75) is 24.9 Å². The predicted octanol–water partition coefficient (Wildman–Crippen LogP) is 1.66. The molecule has 1 heterocycles. The summed E-state index contributed by atoms with van der Waals surface area (Å²) in [7, 11) is 3.07. The number of carbonyl (C=O) groups excluding carboxylic acids is 1. The van der Waals surface area contributed by atoms with Gasteiger partial charge in [0, 0.05) is 19.4 Å². The SMILES string of the molecule is COc1ccc(CCC(=O)N2CCC(F)(C(=O)O)C2)cc1OC. The molecule has 0 bridgehead atoms. The molecule has 1 atom stereocenters. The largest absolute Gasteiger partial charge is 0.493 e. The minimum absolute atomic E-state index is 0.133. The van der Waals surface area contributed by atoms with Gasteiger partial charge in [0.1, 0.15) is 0 Å². The van der Waals surface area contributed by atoms with E-state index in [9.17, 15) is 14.0 Å². The second kappa shape index (κ2) is 6.85. The fourth-order valence-corrected chi connectivity index (χ4v) is 2.61. The molecule has 1 aromatic carbocycles. The standard InChI is InChI=1S/C16H20FNO5/c1-22-12-5-3-11(9-13(12)23-2)4-6-14(19)18-8-7-16(17,10-18)15(20)21/h3,5,9H,4,6-8,10H2,1-2H3,(H,20,21). The summed E-state index contributed by atoms with van der Waals surface area (Å²) in [4.78, 5) is 24.3. The molecular formula is C16H20FNO5. The fraction of sp³-hybridized carbons (Fsp3) is 0.500. The van der Waals surface area contributed by atoms with Crippen LogP contribution in [0.4, 0.5) is 4.39 Å².